The molecule has 0 aromatic heterocycles. The van der Waals surface area contributed by atoms with Crippen LogP contribution in [0.3, 0.4) is 0 Å². The normalized spacial score (nSPS) is 16.7. The van der Waals surface area contributed by atoms with Crippen molar-refractivity contribution in [2.24, 2.45) is 5.73 Å². The zero-order valence-electron chi connectivity index (χ0n) is 17.0. The standard InChI is InChI=1S/C23H28N3O4/c24-23(28)21-17-29-15-14-26(21)13-12-25-22(27)11-8-18-6-9-20(10-7-18)30-16-19-4-2-1-3-5-19/h1-7,9-11,21H,8,12-17H2,(H2,24,28)(H,25,27). The van der Waals surface area contributed by atoms with Crippen LogP contribution in [0.2, 0.25) is 0 Å². The number of hydrogen-bond donors (Lipinski definition) is 2. The first kappa shape index (κ1) is 21.8. The van der Waals surface area contributed by atoms with E-state index in [4.69, 9.17) is 15.2 Å². The highest BCUT2D eigenvalue weighted by atomic mass is 16.5. The number of primary amides is 1. The summed E-state index contributed by atoms with van der Waals surface area (Å²) in [5.41, 5.74) is 7.54. The lowest BCUT2D eigenvalue weighted by atomic mass is 10.1. The topological polar surface area (TPSA) is 93.9 Å². The van der Waals surface area contributed by atoms with E-state index in [1.165, 1.54) is 0 Å². The zero-order chi connectivity index (χ0) is 21.2. The van der Waals surface area contributed by atoms with Crippen LogP contribution in [0, 0.1) is 6.42 Å². The van der Waals surface area contributed by atoms with Gasteiger partial charge in [0, 0.05) is 19.6 Å². The van der Waals surface area contributed by atoms with Crippen LogP contribution >= 0.6 is 0 Å². The number of hydrogen-bond acceptors (Lipinski definition) is 5. The summed E-state index contributed by atoms with van der Waals surface area (Å²) in [4.78, 5) is 25.5. The van der Waals surface area contributed by atoms with Crippen molar-refractivity contribution >= 4 is 11.8 Å². The van der Waals surface area contributed by atoms with Crippen LogP contribution in [-0.4, -0.2) is 55.6 Å². The van der Waals surface area contributed by atoms with E-state index in [0.29, 0.717) is 45.9 Å². The first-order chi connectivity index (χ1) is 14.6. The number of morpholine rings is 1. The van der Waals surface area contributed by atoms with E-state index in [1.807, 2.05) is 59.5 Å². The number of amides is 2. The van der Waals surface area contributed by atoms with E-state index in [-0.39, 0.29) is 5.91 Å². The summed E-state index contributed by atoms with van der Waals surface area (Å²) in [5, 5.41) is 2.86. The molecule has 1 unspecified atom stereocenters. The molecule has 1 radical (unpaired) electrons. The second-order valence-electron chi connectivity index (χ2n) is 7.15. The molecule has 30 heavy (non-hydrogen) atoms. The van der Waals surface area contributed by atoms with Crippen LogP contribution in [0.15, 0.2) is 54.6 Å². The number of carbonyl (C=O) groups excluding carboxylic acids is 2. The van der Waals surface area contributed by atoms with Gasteiger partial charge in [0.25, 0.3) is 0 Å². The van der Waals surface area contributed by atoms with Gasteiger partial charge in [-0.25, -0.2) is 0 Å². The Morgan fingerprint density at radius 3 is 2.63 bits per heavy atom. The monoisotopic (exact) mass is 410 g/mol. The Morgan fingerprint density at radius 2 is 1.90 bits per heavy atom. The minimum absolute atomic E-state index is 0.136. The van der Waals surface area contributed by atoms with Gasteiger partial charge in [0.1, 0.15) is 18.4 Å². The molecule has 1 aliphatic rings. The lowest BCUT2D eigenvalue weighted by Crippen LogP contribution is -2.54. The van der Waals surface area contributed by atoms with Crippen LogP contribution in [-0.2, 0) is 27.4 Å². The second-order valence-corrected chi connectivity index (χ2v) is 7.15. The van der Waals surface area contributed by atoms with Gasteiger partial charge in [-0.3, -0.25) is 14.5 Å². The first-order valence-corrected chi connectivity index (χ1v) is 10.1. The van der Waals surface area contributed by atoms with E-state index in [1.54, 1.807) is 6.42 Å². The maximum atomic E-state index is 12.1. The summed E-state index contributed by atoms with van der Waals surface area (Å²) in [6, 6.07) is 17.3. The van der Waals surface area contributed by atoms with Gasteiger partial charge in [-0.1, -0.05) is 42.5 Å². The summed E-state index contributed by atoms with van der Waals surface area (Å²) in [7, 11) is 0. The molecule has 2 aromatic carbocycles. The molecule has 0 aliphatic carbocycles. The van der Waals surface area contributed by atoms with Crippen LogP contribution in [0.4, 0.5) is 0 Å². The molecule has 1 saturated heterocycles. The summed E-state index contributed by atoms with van der Waals surface area (Å²) in [6.45, 7) is 3.03. The lowest BCUT2D eigenvalue weighted by molar-refractivity contribution is -0.129. The highest BCUT2D eigenvalue weighted by Gasteiger charge is 2.27. The summed E-state index contributed by atoms with van der Waals surface area (Å²) >= 11 is 0. The van der Waals surface area contributed by atoms with Crippen molar-refractivity contribution in [1.82, 2.24) is 10.2 Å². The fourth-order valence-corrected chi connectivity index (χ4v) is 3.24. The predicted octanol–water partition coefficient (Wildman–Crippen LogP) is 1.31. The maximum absolute atomic E-state index is 12.1. The molecule has 0 spiro atoms. The number of nitrogens with zero attached hydrogens (tertiary/aromatic N) is 1. The third-order valence-corrected chi connectivity index (χ3v) is 4.96. The van der Waals surface area contributed by atoms with Crippen molar-refractivity contribution in [2.75, 3.05) is 32.8 Å². The number of benzene rings is 2. The fourth-order valence-electron chi connectivity index (χ4n) is 3.24. The van der Waals surface area contributed by atoms with E-state index in [9.17, 15) is 9.59 Å². The van der Waals surface area contributed by atoms with Gasteiger partial charge in [-0.05, 0) is 29.7 Å². The van der Waals surface area contributed by atoms with Crippen molar-refractivity contribution in [1.29, 1.82) is 0 Å². The van der Waals surface area contributed by atoms with Crippen molar-refractivity contribution < 1.29 is 19.1 Å². The summed E-state index contributed by atoms with van der Waals surface area (Å²) < 4.78 is 11.1. The molecule has 1 atom stereocenters. The van der Waals surface area contributed by atoms with Gasteiger partial charge < -0.3 is 20.5 Å². The highest BCUT2D eigenvalue weighted by Crippen LogP contribution is 2.15. The minimum Gasteiger partial charge on any atom is -0.489 e. The van der Waals surface area contributed by atoms with Crippen molar-refractivity contribution in [3.05, 3.63) is 72.1 Å². The Hall–Kier alpha value is -2.90. The van der Waals surface area contributed by atoms with Gasteiger partial charge in [-0.15, -0.1) is 0 Å². The fraction of sp³-hybridized carbons (Fsp3) is 0.348. The Morgan fingerprint density at radius 1 is 1.13 bits per heavy atom. The number of nitrogens with one attached hydrogen (secondary N) is 1. The van der Waals surface area contributed by atoms with Gasteiger partial charge in [0.05, 0.1) is 19.6 Å². The molecule has 159 valence electrons. The van der Waals surface area contributed by atoms with Crippen molar-refractivity contribution in [3.63, 3.8) is 0 Å². The third kappa shape index (κ3) is 6.86. The quantitative estimate of drug-likeness (QED) is 0.616. The largest absolute Gasteiger partial charge is 0.489 e. The van der Waals surface area contributed by atoms with Gasteiger partial charge in [0.2, 0.25) is 11.8 Å². The molecule has 3 N–H and O–H groups in total. The first-order valence-electron chi connectivity index (χ1n) is 10.1. The third-order valence-electron chi connectivity index (χ3n) is 4.96. The van der Waals surface area contributed by atoms with Crippen molar-refractivity contribution in [3.8, 4) is 5.75 Å². The molecule has 0 bridgehead atoms. The molecule has 1 heterocycles. The van der Waals surface area contributed by atoms with E-state index >= 15 is 0 Å². The van der Waals surface area contributed by atoms with Crippen LogP contribution < -0.4 is 15.8 Å². The van der Waals surface area contributed by atoms with Crippen LogP contribution in [0.1, 0.15) is 11.1 Å². The predicted molar refractivity (Wildman–Crippen MR) is 114 cm³/mol. The number of ether oxygens (including phenoxy) is 2. The van der Waals surface area contributed by atoms with Crippen LogP contribution in [0.25, 0.3) is 0 Å². The van der Waals surface area contributed by atoms with Gasteiger partial charge >= 0.3 is 0 Å². The molecular weight excluding hydrogens is 382 g/mol. The molecule has 1 fully saturated rings. The summed E-state index contributed by atoms with van der Waals surface area (Å²) in [6.07, 6.45) is 2.15. The Labute approximate surface area is 177 Å². The maximum Gasteiger partial charge on any atom is 0.237 e. The number of nitrogens with two attached hydrogens (primary N) is 1. The van der Waals surface area contributed by atoms with E-state index < -0.39 is 11.9 Å². The van der Waals surface area contributed by atoms with E-state index in [0.717, 1.165) is 16.9 Å². The van der Waals surface area contributed by atoms with E-state index in [2.05, 4.69) is 5.32 Å². The molecule has 7 heteroatoms. The highest BCUT2D eigenvalue weighted by molar-refractivity contribution is 5.85. The number of rotatable bonds is 10. The molecule has 2 aromatic rings. The minimum atomic E-state index is -0.428. The van der Waals surface area contributed by atoms with Crippen molar-refractivity contribution in [2.45, 2.75) is 19.1 Å². The van der Waals surface area contributed by atoms with Gasteiger partial charge in [0.15, 0.2) is 0 Å². The SMILES string of the molecule is NC(=O)C1COCCN1CCNC(=O)[CH]Cc1ccc(OCc2ccccc2)cc1. The molecule has 2 amide bonds. The molecule has 0 saturated carbocycles. The second kappa shape index (κ2) is 11.3. The molecular formula is C23H28N3O4. The average molecular weight is 410 g/mol. The Balaban J connectivity index is 1.34. The Bertz CT molecular complexity index is 811. The van der Waals surface area contributed by atoms with Crippen LogP contribution in [0.5, 0.6) is 5.75 Å². The van der Waals surface area contributed by atoms with Gasteiger partial charge in [-0.2, -0.15) is 0 Å². The summed E-state index contributed by atoms with van der Waals surface area (Å²) in [5.74, 6) is 0.258. The molecule has 3 rings (SSSR count). The average Bonchev–Trinajstić information content (AvgIpc) is 2.78. The smallest absolute Gasteiger partial charge is 0.237 e. The lowest BCUT2D eigenvalue weighted by Gasteiger charge is -2.33. The Kier molecular flexibility index (Phi) is 8.23. The molecule has 1 aliphatic heterocycles. The number of carbonyl (C=O) groups is 2. The molecule has 7 nitrogen and oxygen atoms in total. The zero-order valence-corrected chi connectivity index (χ0v) is 17.0.